The second kappa shape index (κ2) is 14.1. The Bertz CT molecular complexity index is 3440. The molecule has 0 spiro atoms. The standard InChI is InChI=1S/C55H40F3N3/c1-32-24-33(2)27-39(26-32)37-18-20-43-41-13-7-9-16-47(41)60(50(43)30-37)49-23-22-45(52-36(5)12-11-15-46(52)55(56,57)58)54(53(49)59-6)61-48-17-10-8-14-42(48)44-21-19-38(31-51(44)61)40-28-34(3)25-35(4)29-40/h7-31H,1-5H3. The number of benzene rings is 8. The van der Waals surface area contributed by atoms with Crippen molar-refractivity contribution in [3.8, 4) is 44.8 Å². The molecule has 2 aromatic heterocycles. The van der Waals surface area contributed by atoms with Crippen LogP contribution in [0.15, 0.2) is 152 Å². The van der Waals surface area contributed by atoms with E-state index in [1.54, 1.807) is 19.1 Å². The first-order chi connectivity index (χ1) is 29.4. The molecule has 0 unspecified atom stereocenters. The van der Waals surface area contributed by atoms with E-state index in [0.29, 0.717) is 22.5 Å². The van der Waals surface area contributed by atoms with Crippen molar-refractivity contribution in [1.29, 1.82) is 0 Å². The Labute approximate surface area is 352 Å². The summed E-state index contributed by atoms with van der Waals surface area (Å²) < 4.78 is 49.7. The van der Waals surface area contributed by atoms with E-state index in [-0.39, 0.29) is 11.3 Å². The van der Waals surface area contributed by atoms with Gasteiger partial charge in [-0.2, -0.15) is 13.2 Å². The van der Waals surface area contributed by atoms with Crippen molar-refractivity contribution in [3.05, 3.63) is 196 Å². The Morgan fingerprint density at radius 1 is 0.459 bits per heavy atom. The summed E-state index contributed by atoms with van der Waals surface area (Å²) in [7, 11) is 0. The number of halogens is 3. The van der Waals surface area contributed by atoms with E-state index in [9.17, 15) is 0 Å². The molecule has 0 amide bonds. The molecule has 0 saturated heterocycles. The van der Waals surface area contributed by atoms with Gasteiger partial charge in [-0.15, -0.1) is 0 Å². The number of para-hydroxylation sites is 2. The molecule has 296 valence electrons. The zero-order chi connectivity index (χ0) is 42.3. The molecule has 10 aromatic rings. The fourth-order valence-electron chi connectivity index (χ4n) is 9.63. The number of hydrogen-bond donors (Lipinski definition) is 0. The van der Waals surface area contributed by atoms with Crippen molar-refractivity contribution in [2.45, 2.75) is 40.8 Å². The molecule has 0 atom stereocenters. The summed E-state index contributed by atoms with van der Waals surface area (Å²) in [4.78, 5) is 4.35. The lowest BCUT2D eigenvalue weighted by Crippen LogP contribution is -2.10. The minimum atomic E-state index is -4.65. The van der Waals surface area contributed by atoms with Gasteiger partial charge in [-0.25, -0.2) is 4.85 Å². The smallest absolute Gasteiger partial charge is 0.319 e. The van der Waals surface area contributed by atoms with Crippen molar-refractivity contribution in [1.82, 2.24) is 9.13 Å². The van der Waals surface area contributed by atoms with E-state index in [2.05, 4.69) is 116 Å². The number of hydrogen-bond acceptors (Lipinski definition) is 0. The first kappa shape index (κ1) is 37.9. The zero-order valence-corrected chi connectivity index (χ0v) is 34.4. The molecular formula is C55H40F3N3. The highest BCUT2D eigenvalue weighted by atomic mass is 19.4. The topological polar surface area (TPSA) is 14.2 Å². The zero-order valence-electron chi connectivity index (χ0n) is 34.4. The van der Waals surface area contributed by atoms with Gasteiger partial charge in [0, 0.05) is 21.5 Å². The fourth-order valence-corrected chi connectivity index (χ4v) is 9.63. The highest BCUT2D eigenvalue weighted by molar-refractivity contribution is 6.13. The summed E-state index contributed by atoms with van der Waals surface area (Å²) in [6.45, 7) is 19.1. The maximum atomic E-state index is 15.2. The Hall–Kier alpha value is -7.36. The summed E-state index contributed by atoms with van der Waals surface area (Å²) in [5.74, 6) is 0. The number of aromatic nitrogens is 2. The number of alkyl halides is 3. The molecule has 10 rings (SSSR count). The van der Waals surface area contributed by atoms with Crippen LogP contribution in [-0.2, 0) is 6.18 Å². The molecule has 0 bridgehead atoms. The third kappa shape index (κ3) is 6.19. The molecule has 0 saturated carbocycles. The normalized spacial score (nSPS) is 11.9. The van der Waals surface area contributed by atoms with Crippen LogP contribution in [0.3, 0.4) is 0 Å². The number of rotatable bonds is 5. The van der Waals surface area contributed by atoms with Gasteiger partial charge in [-0.3, -0.25) is 0 Å². The molecule has 3 nitrogen and oxygen atoms in total. The summed E-state index contributed by atoms with van der Waals surface area (Å²) in [6.07, 6.45) is -4.65. The van der Waals surface area contributed by atoms with Crippen LogP contribution >= 0.6 is 0 Å². The Balaban J connectivity index is 1.37. The van der Waals surface area contributed by atoms with Crippen molar-refractivity contribution < 1.29 is 13.2 Å². The van der Waals surface area contributed by atoms with Crippen LogP contribution < -0.4 is 0 Å². The number of fused-ring (bicyclic) bond motifs is 6. The fraction of sp³-hybridized carbons (Fsp3) is 0.109. The highest BCUT2D eigenvalue weighted by Crippen LogP contribution is 2.49. The maximum absolute atomic E-state index is 15.2. The predicted octanol–water partition coefficient (Wildman–Crippen LogP) is 16.0. The predicted molar refractivity (Wildman–Crippen MR) is 246 cm³/mol. The molecule has 0 radical (unpaired) electrons. The molecular weight excluding hydrogens is 760 g/mol. The van der Waals surface area contributed by atoms with E-state index in [0.717, 1.165) is 94.2 Å². The van der Waals surface area contributed by atoms with Crippen LogP contribution in [-0.4, -0.2) is 9.13 Å². The van der Waals surface area contributed by atoms with Crippen LogP contribution in [0, 0.1) is 41.2 Å². The van der Waals surface area contributed by atoms with E-state index in [1.807, 2.05) is 53.1 Å². The Morgan fingerprint density at radius 2 is 0.951 bits per heavy atom. The van der Waals surface area contributed by atoms with Crippen molar-refractivity contribution in [3.63, 3.8) is 0 Å². The molecule has 8 aromatic carbocycles. The minimum Gasteiger partial charge on any atom is -0.319 e. The third-order valence-electron chi connectivity index (χ3n) is 12.0. The number of aryl methyl sites for hydroxylation is 5. The van der Waals surface area contributed by atoms with Crippen LogP contribution in [0.25, 0.3) is 93.2 Å². The van der Waals surface area contributed by atoms with Gasteiger partial charge in [0.05, 0.1) is 45.6 Å². The molecule has 6 heteroatoms. The molecule has 0 aliphatic heterocycles. The SMILES string of the molecule is [C-]#[N+]c1c(-n2c3ccccc3c3ccc(-c4cc(C)cc(C)c4)cc32)ccc(-c2c(C)cccc2C(F)(F)F)c1-n1c2ccccc2c2ccc(-c3cc(C)cc(C)c3)cc21. The lowest BCUT2D eigenvalue weighted by atomic mass is 9.92. The summed E-state index contributed by atoms with van der Waals surface area (Å²) in [5, 5.41) is 3.90. The highest BCUT2D eigenvalue weighted by Gasteiger charge is 2.36. The lowest BCUT2D eigenvalue weighted by Gasteiger charge is -2.23. The summed E-state index contributed by atoms with van der Waals surface area (Å²) in [6, 6.07) is 49.7. The van der Waals surface area contributed by atoms with Crippen molar-refractivity contribution in [2.24, 2.45) is 0 Å². The van der Waals surface area contributed by atoms with Crippen LogP contribution in [0.4, 0.5) is 18.9 Å². The minimum absolute atomic E-state index is 0.0529. The Morgan fingerprint density at radius 3 is 1.48 bits per heavy atom. The lowest BCUT2D eigenvalue weighted by molar-refractivity contribution is -0.137. The van der Waals surface area contributed by atoms with Gasteiger partial charge in [-0.1, -0.05) is 138 Å². The summed E-state index contributed by atoms with van der Waals surface area (Å²) >= 11 is 0. The average molecular weight is 800 g/mol. The van der Waals surface area contributed by atoms with Crippen LogP contribution in [0.2, 0.25) is 0 Å². The van der Waals surface area contributed by atoms with E-state index in [1.165, 1.54) is 6.07 Å². The van der Waals surface area contributed by atoms with Gasteiger partial charge < -0.3 is 9.13 Å². The maximum Gasteiger partial charge on any atom is 0.417 e. The van der Waals surface area contributed by atoms with Crippen LogP contribution in [0.1, 0.15) is 33.4 Å². The first-order valence-corrected chi connectivity index (χ1v) is 20.4. The molecule has 0 aliphatic carbocycles. The largest absolute Gasteiger partial charge is 0.417 e. The van der Waals surface area contributed by atoms with Gasteiger partial charge in [0.2, 0.25) is 5.69 Å². The second-order valence-corrected chi connectivity index (χ2v) is 16.4. The molecule has 61 heavy (non-hydrogen) atoms. The first-order valence-electron chi connectivity index (χ1n) is 20.4. The van der Waals surface area contributed by atoms with Gasteiger partial charge in [-0.05, 0) is 110 Å². The molecule has 0 N–H and O–H groups in total. The Kier molecular flexibility index (Phi) is 8.78. The molecule has 2 heterocycles. The molecule has 0 fully saturated rings. The average Bonchev–Trinajstić information content (AvgIpc) is 3.74. The summed E-state index contributed by atoms with van der Waals surface area (Å²) in [5.41, 5.74) is 13.4. The van der Waals surface area contributed by atoms with Gasteiger partial charge in [0.15, 0.2) is 0 Å². The third-order valence-corrected chi connectivity index (χ3v) is 12.0. The molecule has 0 aliphatic rings. The number of nitrogens with zero attached hydrogens (tertiary/aromatic N) is 3. The van der Waals surface area contributed by atoms with E-state index >= 15 is 13.2 Å². The van der Waals surface area contributed by atoms with Gasteiger partial charge in [0.1, 0.15) is 0 Å². The van der Waals surface area contributed by atoms with Crippen molar-refractivity contribution >= 4 is 49.3 Å². The second-order valence-electron chi connectivity index (χ2n) is 16.4. The van der Waals surface area contributed by atoms with Gasteiger partial charge in [0.25, 0.3) is 0 Å². The van der Waals surface area contributed by atoms with E-state index in [4.69, 9.17) is 6.57 Å². The van der Waals surface area contributed by atoms with Crippen LogP contribution in [0.5, 0.6) is 0 Å². The quantitative estimate of drug-likeness (QED) is 0.154. The van der Waals surface area contributed by atoms with Crippen molar-refractivity contribution in [2.75, 3.05) is 0 Å². The van der Waals surface area contributed by atoms with Gasteiger partial charge >= 0.3 is 6.18 Å². The monoisotopic (exact) mass is 799 g/mol. The van der Waals surface area contributed by atoms with E-state index < -0.39 is 11.7 Å².